The van der Waals surface area contributed by atoms with E-state index in [1.54, 1.807) is 18.2 Å². The van der Waals surface area contributed by atoms with Gasteiger partial charge in [0, 0.05) is 30.9 Å². The first-order valence-electron chi connectivity index (χ1n) is 7.67. The predicted octanol–water partition coefficient (Wildman–Crippen LogP) is 3.32. The number of nitrogens with one attached hydrogen (secondary N) is 1. The van der Waals surface area contributed by atoms with E-state index < -0.39 is 6.09 Å². The molecule has 1 aliphatic heterocycles. The van der Waals surface area contributed by atoms with Gasteiger partial charge >= 0.3 is 6.09 Å². The van der Waals surface area contributed by atoms with E-state index in [9.17, 15) is 4.79 Å². The molecule has 126 valence electrons. The summed E-state index contributed by atoms with van der Waals surface area (Å²) in [5.74, 6) is 0. The van der Waals surface area contributed by atoms with Crippen LogP contribution in [0.25, 0.3) is 11.3 Å². The fourth-order valence-electron chi connectivity index (χ4n) is 2.69. The van der Waals surface area contributed by atoms with Crippen LogP contribution in [0.1, 0.15) is 5.56 Å². The fourth-order valence-corrected chi connectivity index (χ4v) is 2.92. The Morgan fingerprint density at radius 2 is 2.08 bits per heavy atom. The van der Waals surface area contributed by atoms with Crippen LogP contribution in [0.4, 0.5) is 10.5 Å². The number of ether oxygens (including phenoxy) is 1. The third-order valence-corrected chi connectivity index (χ3v) is 3.97. The molecule has 2 N–H and O–H groups in total. The number of nitrogens with zero attached hydrogens (tertiary/aromatic N) is 2. The van der Waals surface area contributed by atoms with Crippen LogP contribution in [0.5, 0.6) is 0 Å². The number of rotatable bonds is 4. The van der Waals surface area contributed by atoms with Crippen LogP contribution < -0.4 is 5.32 Å². The van der Waals surface area contributed by atoms with Crippen LogP contribution in [-0.4, -0.2) is 47.4 Å². The standard InChI is InChI=1S/C17H18ClN3O3/c18-16-9-12(11-21-4-6-24-7-5-21)8-15(20-16)13-2-1-3-14(10-13)19-17(22)23/h1-3,8-10,19H,4-7,11H2,(H,22,23). The summed E-state index contributed by atoms with van der Waals surface area (Å²) < 4.78 is 5.36. The molecule has 0 unspecified atom stereocenters. The van der Waals surface area contributed by atoms with Gasteiger partial charge in [-0.05, 0) is 29.8 Å². The van der Waals surface area contributed by atoms with Crippen LogP contribution in [0, 0.1) is 0 Å². The highest BCUT2D eigenvalue weighted by atomic mass is 35.5. The van der Waals surface area contributed by atoms with Crippen molar-refractivity contribution in [3.63, 3.8) is 0 Å². The molecule has 1 aromatic carbocycles. The molecule has 1 saturated heterocycles. The van der Waals surface area contributed by atoms with Crippen molar-refractivity contribution in [2.24, 2.45) is 0 Å². The Morgan fingerprint density at radius 3 is 2.83 bits per heavy atom. The normalized spacial score (nSPS) is 15.2. The number of hydrogen-bond donors (Lipinski definition) is 2. The number of anilines is 1. The van der Waals surface area contributed by atoms with E-state index >= 15 is 0 Å². The van der Waals surface area contributed by atoms with Crippen molar-refractivity contribution in [2.45, 2.75) is 6.54 Å². The molecule has 3 rings (SSSR count). The number of morpholine rings is 1. The molecule has 0 saturated carbocycles. The van der Waals surface area contributed by atoms with Crippen molar-refractivity contribution in [2.75, 3.05) is 31.6 Å². The quantitative estimate of drug-likeness (QED) is 0.830. The van der Waals surface area contributed by atoms with Gasteiger partial charge in [0.1, 0.15) is 5.15 Å². The molecule has 0 spiro atoms. The third kappa shape index (κ3) is 4.44. The highest BCUT2D eigenvalue weighted by molar-refractivity contribution is 6.29. The summed E-state index contributed by atoms with van der Waals surface area (Å²) in [5, 5.41) is 11.6. The van der Waals surface area contributed by atoms with Crippen molar-refractivity contribution >= 4 is 23.4 Å². The van der Waals surface area contributed by atoms with Gasteiger partial charge in [-0.25, -0.2) is 9.78 Å². The number of amides is 1. The maximum atomic E-state index is 10.8. The molecule has 2 aromatic rings. The molecule has 0 bridgehead atoms. The maximum absolute atomic E-state index is 10.8. The monoisotopic (exact) mass is 347 g/mol. The summed E-state index contributed by atoms with van der Waals surface area (Å²) in [5.41, 5.74) is 3.10. The summed E-state index contributed by atoms with van der Waals surface area (Å²) in [7, 11) is 0. The van der Waals surface area contributed by atoms with Crippen molar-refractivity contribution in [1.82, 2.24) is 9.88 Å². The van der Waals surface area contributed by atoms with Crippen molar-refractivity contribution in [3.05, 3.63) is 47.1 Å². The maximum Gasteiger partial charge on any atom is 0.409 e. The summed E-state index contributed by atoms with van der Waals surface area (Å²) >= 11 is 6.18. The summed E-state index contributed by atoms with van der Waals surface area (Å²) in [6.45, 7) is 4.06. The predicted molar refractivity (Wildman–Crippen MR) is 92.4 cm³/mol. The Kier molecular flexibility index (Phi) is 5.30. The van der Waals surface area contributed by atoms with Gasteiger partial charge in [-0.15, -0.1) is 0 Å². The number of halogens is 1. The highest BCUT2D eigenvalue weighted by Gasteiger charge is 2.12. The molecule has 1 amide bonds. The lowest BCUT2D eigenvalue weighted by molar-refractivity contribution is 0.0342. The first kappa shape index (κ1) is 16.7. The molecule has 1 aromatic heterocycles. The topological polar surface area (TPSA) is 74.7 Å². The van der Waals surface area contributed by atoms with Gasteiger partial charge in [-0.3, -0.25) is 10.2 Å². The lowest BCUT2D eigenvalue weighted by Gasteiger charge is -2.26. The molecule has 24 heavy (non-hydrogen) atoms. The second-order valence-electron chi connectivity index (χ2n) is 5.58. The van der Waals surface area contributed by atoms with Crippen molar-refractivity contribution in [3.8, 4) is 11.3 Å². The van der Waals surface area contributed by atoms with Gasteiger partial charge in [0.25, 0.3) is 0 Å². The number of pyridine rings is 1. The van der Waals surface area contributed by atoms with E-state index in [4.69, 9.17) is 21.4 Å². The smallest absolute Gasteiger partial charge is 0.409 e. The first-order chi connectivity index (χ1) is 11.6. The first-order valence-corrected chi connectivity index (χ1v) is 8.05. The van der Waals surface area contributed by atoms with Gasteiger partial charge in [-0.2, -0.15) is 0 Å². The zero-order chi connectivity index (χ0) is 16.9. The van der Waals surface area contributed by atoms with E-state index in [1.807, 2.05) is 18.2 Å². The Morgan fingerprint density at radius 1 is 1.29 bits per heavy atom. The minimum absolute atomic E-state index is 0.423. The summed E-state index contributed by atoms with van der Waals surface area (Å²) in [4.78, 5) is 17.5. The average molecular weight is 348 g/mol. The molecule has 0 atom stereocenters. The number of carbonyl (C=O) groups is 1. The average Bonchev–Trinajstić information content (AvgIpc) is 2.55. The Bertz CT molecular complexity index is 733. The van der Waals surface area contributed by atoms with Crippen LogP contribution in [0.3, 0.4) is 0 Å². The lowest BCUT2D eigenvalue weighted by atomic mass is 10.1. The van der Waals surface area contributed by atoms with E-state index in [0.717, 1.165) is 49.7 Å². The van der Waals surface area contributed by atoms with E-state index in [0.29, 0.717) is 10.8 Å². The zero-order valence-electron chi connectivity index (χ0n) is 13.0. The minimum Gasteiger partial charge on any atom is -0.465 e. The second-order valence-corrected chi connectivity index (χ2v) is 5.97. The molecule has 7 heteroatoms. The summed E-state index contributed by atoms with van der Waals surface area (Å²) in [6, 6.07) is 10.9. The van der Waals surface area contributed by atoms with Gasteiger partial charge < -0.3 is 9.84 Å². The molecule has 2 heterocycles. The van der Waals surface area contributed by atoms with Crippen LogP contribution in [0.15, 0.2) is 36.4 Å². The van der Waals surface area contributed by atoms with E-state index in [2.05, 4.69) is 15.2 Å². The molecular weight excluding hydrogens is 330 g/mol. The second kappa shape index (κ2) is 7.61. The molecule has 1 aliphatic rings. The number of aromatic nitrogens is 1. The van der Waals surface area contributed by atoms with Crippen LogP contribution >= 0.6 is 11.6 Å². The Balaban J connectivity index is 1.84. The molecular formula is C17H18ClN3O3. The van der Waals surface area contributed by atoms with Gasteiger partial charge in [0.2, 0.25) is 0 Å². The van der Waals surface area contributed by atoms with Crippen LogP contribution in [0.2, 0.25) is 5.15 Å². The van der Waals surface area contributed by atoms with E-state index in [-0.39, 0.29) is 0 Å². The third-order valence-electron chi connectivity index (χ3n) is 3.77. The largest absolute Gasteiger partial charge is 0.465 e. The van der Waals surface area contributed by atoms with Crippen LogP contribution in [-0.2, 0) is 11.3 Å². The van der Waals surface area contributed by atoms with Crippen molar-refractivity contribution in [1.29, 1.82) is 0 Å². The van der Waals surface area contributed by atoms with Crippen molar-refractivity contribution < 1.29 is 14.6 Å². The van der Waals surface area contributed by atoms with Gasteiger partial charge in [0.15, 0.2) is 0 Å². The highest BCUT2D eigenvalue weighted by Crippen LogP contribution is 2.24. The SMILES string of the molecule is O=C(O)Nc1cccc(-c2cc(CN3CCOCC3)cc(Cl)n2)c1. The molecule has 0 aliphatic carbocycles. The summed E-state index contributed by atoms with van der Waals surface area (Å²) in [6.07, 6.45) is -1.10. The number of hydrogen-bond acceptors (Lipinski definition) is 4. The zero-order valence-corrected chi connectivity index (χ0v) is 13.8. The van der Waals surface area contributed by atoms with Gasteiger partial charge in [0.05, 0.1) is 18.9 Å². The van der Waals surface area contributed by atoms with E-state index in [1.165, 1.54) is 0 Å². The number of benzene rings is 1. The lowest BCUT2D eigenvalue weighted by Crippen LogP contribution is -2.35. The molecule has 1 fully saturated rings. The van der Waals surface area contributed by atoms with Gasteiger partial charge in [-0.1, -0.05) is 23.7 Å². The minimum atomic E-state index is -1.10. The fraction of sp³-hybridized carbons (Fsp3) is 0.294. The Hall–Kier alpha value is -2.15. The Labute approximate surface area is 145 Å². The molecule has 6 nitrogen and oxygen atoms in total. The number of carboxylic acid groups (broad SMARTS) is 1. The molecule has 0 radical (unpaired) electrons.